The summed E-state index contributed by atoms with van der Waals surface area (Å²) in [5, 5.41) is 16.5. The quantitative estimate of drug-likeness (QED) is 0.570. The van der Waals surface area contributed by atoms with Gasteiger partial charge in [-0.1, -0.05) is 41.6 Å². The van der Waals surface area contributed by atoms with Crippen LogP contribution in [0.25, 0.3) is 22.2 Å². The number of H-pyrrole nitrogens is 1. The van der Waals surface area contributed by atoms with Crippen molar-refractivity contribution in [3.8, 4) is 11.3 Å². The Kier molecular flexibility index (Phi) is 4.29. The number of primary amides is 1. The Bertz CT molecular complexity index is 1080. The van der Waals surface area contributed by atoms with Crippen LogP contribution in [0.15, 0.2) is 54.7 Å². The lowest BCUT2D eigenvalue weighted by atomic mass is 10.1. The summed E-state index contributed by atoms with van der Waals surface area (Å²) in [5.41, 5.74) is 9.09. The summed E-state index contributed by atoms with van der Waals surface area (Å²) in [6.07, 6.45) is 1.90. The molecule has 0 fully saturated rings. The summed E-state index contributed by atoms with van der Waals surface area (Å²) >= 11 is 0. The second kappa shape index (κ2) is 6.91. The van der Waals surface area contributed by atoms with Crippen molar-refractivity contribution in [3.05, 3.63) is 60.3 Å². The normalized spacial score (nSPS) is 11.0. The van der Waals surface area contributed by atoms with Gasteiger partial charge in [-0.2, -0.15) is 5.10 Å². The van der Waals surface area contributed by atoms with Crippen molar-refractivity contribution in [2.24, 2.45) is 5.73 Å². The van der Waals surface area contributed by atoms with E-state index in [-0.39, 0.29) is 0 Å². The molecule has 27 heavy (non-hydrogen) atoms. The van der Waals surface area contributed by atoms with E-state index in [0.717, 1.165) is 27.7 Å². The van der Waals surface area contributed by atoms with Gasteiger partial charge in [0.05, 0.1) is 18.3 Å². The van der Waals surface area contributed by atoms with Crippen molar-refractivity contribution in [1.29, 1.82) is 0 Å². The number of hydrogen-bond acceptors (Lipinski definition) is 4. The molecule has 0 atom stereocenters. The fourth-order valence-electron chi connectivity index (χ4n) is 3.05. The molecule has 3 N–H and O–H groups in total. The van der Waals surface area contributed by atoms with Crippen LogP contribution in [0.2, 0.25) is 0 Å². The van der Waals surface area contributed by atoms with Crippen LogP contribution in [0.4, 0.5) is 10.6 Å². The third-order valence-corrected chi connectivity index (χ3v) is 4.40. The lowest BCUT2D eigenvalue weighted by Gasteiger charge is -2.15. The van der Waals surface area contributed by atoms with Gasteiger partial charge in [0.2, 0.25) is 0 Å². The van der Waals surface area contributed by atoms with E-state index in [4.69, 9.17) is 5.73 Å². The molecule has 0 unspecified atom stereocenters. The molecule has 0 aliphatic heterocycles. The highest BCUT2D eigenvalue weighted by Crippen LogP contribution is 2.28. The Hall–Kier alpha value is -3.68. The number of carbonyl (C=O) groups excluding carboxylic acids is 1. The van der Waals surface area contributed by atoms with Crippen molar-refractivity contribution < 1.29 is 4.79 Å². The highest BCUT2D eigenvalue weighted by molar-refractivity contribution is 6.01. The summed E-state index contributed by atoms with van der Waals surface area (Å²) in [4.78, 5) is 13.1. The van der Waals surface area contributed by atoms with Gasteiger partial charge in [-0.3, -0.25) is 10.00 Å². The average Bonchev–Trinajstić information content (AvgIpc) is 3.30. The largest absolute Gasteiger partial charge is 0.351 e. The number of nitrogens with zero attached hydrogens (tertiary/aromatic N) is 5. The molecule has 0 bridgehead atoms. The Morgan fingerprint density at radius 2 is 2.04 bits per heavy atom. The molecule has 2 amide bonds. The molecule has 0 spiro atoms. The van der Waals surface area contributed by atoms with E-state index < -0.39 is 6.03 Å². The van der Waals surface area contributed by atoms with Gasteiger partial charge in [-0.15, -0.1) is 5.10 Å². The molecule has 0 saturated carbocycles. The number of nitrogens with one attached hydrogen (secondary N) is 1. The molecule has 0 aliphatic rings. The lowest BCUT2D eigenvalue weighted by molar-refractivity contribution is 0.254. The summed E-state index contributed by atoms with van der Waals surface area (Å²) in [6, 6.07) is 15.3. The van der Waals surface area contributed by atoms with Crippen LogP contribution in [0.5, 0.6) is 0 Å². The number of aromatic amines is 1. The van der Waals surface area contributed by atoms with Gasteiger partial charge in [0.25, 0.3) is 0 Å². The first-order valence-electron chi connectivity index (χ1n) is 8.65. The molecule has 136 valence electrons. The SMILES string of the molecule is CCN(C(N)=O)c1n[nH]c2ccc(-c3cn(Cc4ccccc4)nn3)cc12. The van der Waals surface area contributed by atoms with E-state index in [1.807, 2.05) is 61.7 Å². The highest BCUT2D eigenvalue weighted by atomic mass is 16.2. The van der Waals surface area contributed by atoms with Gasteiger partial charge >= 0.3 is 6.03 Å². The van der Waals surface area contributed by atoms with Gasteiger partial charge in [-0.25, -0.2) is 9.48 Å². The van der Waals surface area contributed by atoms with Gasteiger partial charge in [0.1, 0.15) is 5.69 Å². The molecular formula is C19H19N7O. The maximum Gasteiger partial charge on any atom is 0.320 e. The zero-order valence-electron chi connectivity index (χ0n) is 14.8. The molecule has 4 rings (SSSR count). The van der Waals surface area contributed by atoms with E-state index in [1.165, 1.54) is 4.90 Å². The minimum Gasteiger partial charge on any atom is -0.351 e. The van der Waals surface area contributed by atoms with Gasteiger partial charge in [-0.05, 0) is 24.6 Å². The van der Waals surface area contributed by atoms with E-state index in [1.54, 1.807) is 4.68 Å². The number of anilines is 1. The lowest BCUT2D eigenvalue weighted by Crippen LogP contribution is -2.35. The van der Waals surface area contributed by atoms with Gasteiger partial charge < -0.3 is 5.73 Å². The van der Waals surface area contributed by atoms with Crippen LogP contribution >= 0.6 is 0 Å². The molecule has 0 radical (unpaired) electrons. The fourth-order valence-corrected chi connectivity index (χ4v) is 3.05. The number of aromatic nitrogens is 5. The predicted molar refractivity (Wildman–Crippen MR) is 103 cm³/mol. The molecule has 4 aromatic rings. The maximum absolute atomic E-state index is 11.7. The number of carbonyl (C=O) groups is 1. The molecule has 0 aliphatic carbocycles. The smallest absolute Gasteiger partial charge is 0.320 e. The fraction of sp³-hybridized carbons (Fsp3) is 0.158. The Balaban J connectivity index is 1.67. The second-order valence-corrected chi connectivity index (χ2v) is 6.18. The highest BCUT2D eigenvalue weighted by Gasteiger charge is 2.17. The van der Waals surface area contributed by atoms with E-state index in [0.29, 0.717) is 18.9 Å². The average molecular weight is 361 g/mol. The maximum atomic E-state index is 11.7. The van der Waals surface area contributed by atoms with E-state index in [9.17, 15) is 4.79 Å². The van der Waals surface area contributed by atoms with Crippen LogP contribution in [0.1, 0.15) is 12.5 Å². The van der Waals surface area contributed by atoms with Gasteiger partial charge in [0.15, 0.2) is 5.82 Å². The predicted octanol–water partition coefficient (Wildman–Crippen LogP) is 2.77. The van der Waals surface area contributed by atoms with Crippen molar-refractivity contribution >= 4 is 22.8 Å². The minimum absolute atomic E-state index is 0.437. The van der Waals surface area contributed by atoms with Crippen molar-refractivity contribution in [2.75, 3.05) is 11.4 Å². The second-order valence-electron chi connectivity index (χ2n) is 6.18. The van der Waals surface area contributed by atoms with Crippen LogP contribution in [-0.4, -0.2) is 37.8 Å². The van der Waals surface area contributed by atoms with Crippen LogP contribution in [-0.2, 0) is 6.54 Å². The monoisotopic (exact) mass is 361 g/mol. The molecule has 8 heteroatoms. The Morgan fingerprint density at radius 1 is 1.22 bits per heavy atom. The number of benzene rings is 2. The Morgan fingerprint density at radius 3 is 2.78 bits per heavy atom. The molecule has 0 saturated heterocycles. The molecule has 2 aromatic carbocycles. The zero-order chi connectivity index (χ0) is 18.8. The van der Waals surface area contributed by atoms with Crippen molar-refractivity contribution in [2.45, 2.75) is 13.5 Å². The summed E-state index contributed by atoms with van der Waals surface area (Å²) in [7, 11) is 0. The zero-order valence-corrected chi connectivity index (χ0v) is 14.8. The summed E-state index contributed by atoms with van der Waals surface area (Å²) < 4.78 is 1.80. The van der Waals surface area contributed by atoms with E-state index >= 15 is 0 Å². The third-order valence-electron chi connectivity index (χ3n) is 4.40. The number of amides is 2. The number of hydrogen-bond donors (Lipinski definition) is 2. The number of urea groups is 1. The molecular weight excluding hydrogens is 342 g/mol. The summed E-state index contributed by atoms with van der Waals surface area (Å²) in [5.74, 6) is 0.513. The van der Waals surface area contributed by atoms with E-state index in [2.05, 4.69) is 20.5 Å². The number of fused-ring (bicyclic) bond motifs is 1. The van der Waals surface area contributed by atoms with Gasteiger partial charge in [0, 0.05) is 17.5 Å². The number of nitrogens with two attached hydrogens (primary N) is 1. The topological polar surface area (TPSA) is 106 Å². The number of rotatable bonds is 5. The van der Waals surface area contributed by atoms with Crippen molar-refractivity contribution in [3.63, 3.8) is 0 Å². The first kappa shape index (κ1) is 16.8. The summed E-state index contributed by atoms with van der Waals surface area (Å²) in [6.45, 7) is 2.94. The van der Waals surface area contributed by atoms with Crippen LogP contribution in [0, 0.1) is 0 Å². The first-order chi connectivity index (χ1) is 13.2. The minimum atomic E-state index is -0.537. The molecule has 8 nitrogen and oxygen atoms in total. The molecule has 2 heterocycles. The Labute approximate surface area is 155 Å². The standard InChI is InChI=1S/C19H19N7O/c1-2-26(19(20)27)18-15-10-14(8-9-16(15)21-23-18)17-12-25(24-22-17)11-13-6-4-3-5-7-13/h3-10,12H,2,11H2,1H3,(H2,20,27)(H,21,23). The molecule has 2 aromatic heterocycles. The van der Waals surface area contributed by atoms with Crippen molar-refractivity contribution in [1.82, 2.24) is 25.2 Å². The van der Waals surface area contributed by atoms with Crippen LogP contribution < -0.4 is 10.6 Å². The first-order valence-corrected chi connectivity index (χ1v) is 8.65. The van der Waals surface area contributed by atoms with Crippen LogP contribution in [0.3, 0.4) is 0 Å². The third kappa shape index (κ3) is 3.24.